The molecule has 17 heavy (non-hydrogen) atoms. The Balaban J connectivity index is 2.17. The highest BCUT2D eigenvalue weighted by atomic mass is 19.1. The fourth-order valence-corrected chi connectivity index (χ4v) is 1.93. The van der Waals surface area contributed by atoms with E-state index in [1.807, 2.05) is 0 Å². The minimum absolute atomic E-state index is 0.0260. The zero-order valence-corrected chi connectivity index (χ0v) is 9.63. The fourth-order valence-electron chi connectivity index (χ4n) is 1.93. The van der Waals surface area contributed by atoms with Crippen molar-refractivity contribution in [1.82, 2.24) is 10.6 Å². The van der Waals surface area contributed by atoms with Crippen LogP contribution in [-0.2, 0) is 0 Å². The van der Waals surface area contributed by atoms with E-state index in [0.717, 1.165) is 19.5 Å². The van der Waals surface area contributed by atoms with Gasteiger partial charge in [-0.05, 0) is 25.1 Å². The fraction of sp³-hybridized carbons (Fsp3) is 0.417. The van der Waals surface area contributed by atoms with Crippen molar-refractivity contribution in [3.8, 4) is 5.75 Å². The Morgan fingerprint density at radius 3 is 3.06 bits per heavy atom. The Bertz CT molecular complexity index is 417. The molecule has 1 atom stereocenters. The van der Waals surface area contributed by atoms with Crippen LogP contribution in [0.2, 0.25) is 0 Å². The predicted octanol–water partition coefficient (Wildman–Crippen LogP) is 0.926. The summed E-state index contributed by atoms with van der Waals surface area (Å²) in [4.78, 5) is 11.9. The summed E-state index contributed by atoms with van der Waals surface area (Å²) in [6.45, 7) is 1.60. The number of rotatable bonds is 3. The minimum atomic E-state index is -0.562. The Hall–Kier alpha value is -1.62. The number of hydrogen-bond acceptors (Lipinski definition) is 3. The van der Waals surface area contributed by atoms with Crippen LogP contribution in [0.5, 0.6) is 5.75 Å². The molecule has 0 aromatic heterocycles. The van der Waals surface area contributed by atoms with Gasteiger partial charge in [-0.15, -0.1) is 0 Å². The lowest BCUT2D eigenvalue weighted by Crippen LogP contribution is -2.36. The molecule has 1 saturated heterocycles. The quantitative estimate of drug-likeness (QED) is 0.823. The van der Waals surface area contributed by atoms with Crippen LogP contribution in [0.15, 0.2) is 18.2 Å². The molecule has 5 heteroatoms. The second-order valence-electron chi connectivity index (χ2n) is 3.98. The largest absolute Gasteiger partial charge is 0.496 e. The average molecular weight is 238 g/mol. The number of benzene rings is 1. The van der Waals surface area contributed by atoms with Gasteiger partial charge >= 0.3 is 0 Å². The molecule has 2 N–H and O–H groups in total. The van der Waals surface area contributed by atoms with Crippen molar-refractivity contribution in [3.05, 3.63) is 29.6 Å². The van der Waals surface area contributed by atoms with E-state index in [9.17, 15) is 9.18 Å². The monoisotopic (exact) mass is 238 g/mol. The molecule has 1 fully saturated rings. The highest BCUT2D eigenvalue weighted by molar-refractivity contribution is 5.97. The van der Waals surface area contributed by atoms with Crippen LogP contribution >= 0.6 is 0 Å². The summed E-state index contributed by atoms with van der Waals surface area (Å²) in [5, 5.41) is 5.92. The Labute approximate surface area is 99.2 Å². The maximum absolute atomic E-state index is 13.6. The van der Waals surface area contributed by atoms with E-state index < -0.39 is 11.7 Å². The maximum atomic E-state index is 13.6. The lowest BCUT2D eigenvalue weighted by molar-refractivity contribution is 0.0932. The molecular weight excluding hydrogens is 223 g/mol. The summed E-state index contributed by atoms with van der Waals surface area (Å²) in [6, 6.07) is 4.41. The van der Waals surface area contributed by atoms with Gasteiger partial charge in [-0.2, -0.15) is 0 Å². The molecule has 2 rings (SSSR count). The first kappa shape index (κ1) is 11.9. The summed E-state index contributed by atoms with van der Waals surface area (Å²) < 4.78 is 18.6. The smallest absolute Gasteiger partial charge is 0.258 e. The second-order valence-corrected chi connectivity index (χ2v) is 3.98. The normalized spacial score (nSPS) is 19.1. The average Bonchev–Trinajstić information content (AvgIpc) is 2.81. The highest BCUT2D eigenvalue weighted by Crippen LogP contribution is 2.21. The standard InChI is InChI=1S/C12H15FN2O2/c1-17-10-4-2-3-9(13)11(10)12(16)15-8-5-6-14-7-8/h2-4,8,14H,5-7H2,1H3,(H,15,16). The summed E-state index contributed by atoms with van der Waals surface area (Å²) in [5.41, 5.74) is -0.0260. The third-order valence-electron chi connectivity index (χ3n) is 2.82. The molecule has 1 aromatic carbocycles. The third-order valence-corrected chi connectivity index (χ3v) is 2.82. The van der Waals surface area contributed by atoms with Gasteiger partial charge in [0.15, 0.2) is 0 Å². The summed E-state index contributed by atoms with van der Waals surface area (Å²) in [5.74, 6) is -0.727. The summed E-state index contributed by atoms with van der Waals surface area (Å²) in [7, 11) is 1.42. The first-order valence-corrected chi connectivity index (χ1v) is 5.56. The molecule has 1 heterocycles. The Morgan fingerprint density at radius 1 is 1.59 bits per heavy atom. The number of nitrogens with one attached hydrogen (secondary N) is 2. The van der Waals surface area contributed by atoms with Gasteiger partial charge in [0.25, 0.3) is 5.91 Å². The molecule has 0 radical (unpaired) electrons. The topological polar surface area (TPSA) is 50.4 Å². The molecule has 1 aliphatic heterocycles. The zero-order chi connectivity index (χ0) is 12.3. The molecule has 1 unspecified atom stereocenters. The van der Waals surface area contributed by atoms with Crippen LogP contribution in [0.4, 0.5) is 4.39 Å². The molecule has 0 spiro atoms. The van der Waals surface area contributed by atoms with Gasteiger partial charge in [-0.3, -0.25) is 4.79 Å². The minimum Gasteiger partial charge on any atom is -0.496 e. The third kappa shape index (κ3) is 2.55. The van der Waals surface area contributed by atoms with Crippen LogP contribution < -0.4 is 15.4 Å². The number of methoxy groups -OCH3 is 1. The number of halogens is 1. The van der Waals surface area contributed by atoms with E-state index in [1.165, 1.54) is 19.2 Å². The van der Waals surface area contributed by atoms with E-state index in [4.69, 9.17) is 4.74 Å². The van der Waals surface area contributed by atoms with Crippen molar-refractivity contribution in [2.45, 2.75) is 12.5 Å². The predicted molar refractivity (Wildman–Crippen MR) is 61.7 cm³/mol. The van der Waals surface area contributed by atoms with Crippen LogP contribution in [0.1, 0.15) is 16.8 Å². The molecule has 0 bridgehead atoms. The molecule has 92 valence electrons. The van der Waals surface area contributed by atoms with Gasteiger partial charge in [0.2, 0.25) is 0 Å². The molecule has 0 saturated carbocycles. The van der Waals surface area contributed by atoms with Crippen molar-refractivity contribution < 1.29 is 13.9 Å². The van der Waals surface area contributed by atoms with Crippen LogP contribution in [0.3, 0.4) is 0 Å². The first-order valence-electron chi connectivity index (χ1n) is 5.56. The number of ether oxygens (including phenoxy) is 1. The summed E-state index contributed by atoms with van der Waals surface area (Å²) >= 11 is 0. The van der Waals surface area contributed by atoms with E-state index in [1.54, 1.807) is 6.07 Å². The number of hydrogen-bond donors (Lipinski definition) is 2. The second kappa shape index (κ2) is 5.14. The number of carbonyl (C=O) groups is 1. The van der Waals surface area contributed by atoms with Crippen molar-refractivity contribution in [2.24, 2.45) is 0 Å². The number of carbonyl (C=O) groups excluding carboxylic acids is 1. The van der Waals surface area contributed by atoms with Gasteiger partial charge in [-0.25, -0.2) is 4.39 Å². The van der Waals surface area contributed by atoms with E-state index in [0.29, 0.717) is 0 Å². The van der Waals surface area contributed by atoms with Crippen LogP contribution in [-0.4, -0.2) is 32.1 Å². The Kier molecular flexibility index (Phi) is 3.58. The number of amides is 1. The van der Waals surface area contributed by atoms with Crippen LogP contribution in [0, 0.1) is 5.82 Å². The zero-order valence-electron chi connectivity index (χ0n) is 9.63. The van der Waals surface area contributed by atoms with E-state index >= 15 is 0 Å². The van der Waals surface area contributed by atoms with Gasteiger partial charge in [0, 0.05) is 12.6 Å². The molecule has 0 aliphatic carbocycles. The molecular formula is C12H15FN2O2. The Morgan fingerprint density at radius 2 is 2.41 bits per heavy atom. The van der Waals surface area contributed by atoms with E-state index in [2.05, 4.69) is 10.6 Å². The SMILES string of the molecule is COc1cccc(F)c1C(=O)NC1CCNC1. The van der Waals surface area contributed by atoms with Crippen LogP contribution in [0.25, 0.3) is 0 Å². The van der Waals surface area contributed by atoms with Gasteiger partial charge < -0.3 is 15.4 Å². The van der Waals surface area contributed by atoms with Crippen molar-refractivity contribution in [2.75, 3.05) is 20.2 Å². The first-order chi connectivity index (χ1) is 8.22. The lowest BCUT2D eigenvalue weighted by Gasteiger charge is -2.13. The highest BCUT2D eigenvalue weighted by Gasteiger charge is 2.22. The van der Waals surface area contributed by atoms with E-state index in [-0.39, 0.29) is 17.4 Å². The maximum Gasteiger partial charge on any atom is 0.258 e. The molecule has 4 nitrogen and oxygen atoms in total. The van der Waals surface area contributed by atoms with Crippen molar-refractivity contribution in [3.63, 3.8) is 0 Å². The van der Waals surface area contributed by atoms with Crippen molar-refractivity contribution in [1.29, 1.82) is 0 Å². The molecule has 1 aliphatic rings. The van der Waals surface area contributed by atoms with Gasteiger partial charge in [-0.1, -0.05) is 6.07 Å². The lowest BCUT2D eigenvalue weighted by atomic mass is 10.1. The van der Waals surface area contributed by atoms with Gasteiger partial charge in [0.1, 0.15) is 17.1 Å². The molecule has 1 aromatic rings. The van der Waals surface area contributed by atoms with Crippen molar-refractivity contribution >= 4 is 5.91 Å². The molecule has 1 amide bonds. The van der Waals surface area contributed by atoms with Gasteiger partial charge in [0.05, 0.1) is 7.11 Å². The summed E-state index contributed by atoms with van der Waals surface area (Å²) in [6.07, 6.45) is 0.864.